The van der Waals surface area contributed by atoms with Gasteiger partial charge in [-0.2, -0.15) is 0 Å². The van der Waals surface area contributed by atoms with E-state index in [1.54, 1.807) is 21.1 Å². The number of hydrogen-bond acceptors (Lipinski definition) is 8. The summed E-state index contributed by atoms with van der Waals surface area (Å²) in [6.07, 6.45) is 0. The fourth-order valence-corrected chi connectivity index (χ4v) is 2.32. The minimum Gasteiger partial charge on any atom is -0.482 e. The van der Waals surface area contributed by atoms with Gasteiger partial charge in [0.25, 0.3) is 6.03 Å². The van der Waals surface area contributed by atoms with E-state index >= 15 is 0 Å². The van der Waals surface area contributed by atoms with Crippen molar-refractivity contribution >= 4 is 17.3 Å². The lowest BCUT2D eigenvalue weighted by atomic mass is 10.2. The lowest BCUT2D eigenvalue weighted by molar-refractivity contribution is -0.386. The summed E-state index contributed by atoms with van der Waals surface area (Å²) >= 11 is 5.58. The highest BCUT2D eigenvalue weighted by Crippen LogP contribution is 2.34. The van der Waals surface area contributed by atoms with Crippen molar-refractivity contribution in [3.8, 4) is 5.75 Å². The first-order valence-electron chi connectivity index (χ1n) is 6.97. The third-order valence-electron chi connectivity index (χ3n) is 3.62. The topological polar surface area (TPSA) is 107 Å². The largest absolute Gasteiger partial charge is 0.482 e. The van der Waals surface area contributed by atoms with Gasteiger partial charge in [-0.1, -0.05) is 11.6 Å². The van der Waals surface area contributed by atoms with E-state index in [-0.39, 0.29) is 24.0 Å². The van der Waals surface area contributed by atoms with E-state index in [1.807, 2.05) is 0 Å². The van der Waals surface area contributed by atoms with Crippen LogP contribution >= 0.6 is 11.6 Å². The number of rotatable bonds is 7. The van der Waals surface area contributed by atoms with E-state index < -0.39 is 28.2 Å². The standard InChI is InChI=1S/C13H18ClFN4O5/c1-16-12(7-23-13(17-2,18-3)24-12)6-22-11-5-9(15)8(14)4-10(11)19(20)21/h4-5,16-18H,6-7H2,1-3H3. The monoisotopic (exact) mass is 364 g/mol. The summed E-state index contributed by atoms with van der Waals surface area (Å²) in [4.78, 5) is 10.4. The van der Waals surface area contributed by atoms with Gasteiger partial charge >= 0.3 is 5.69 Å². The quantitative estimate of drug-likeness (QED) is 0.370. The molecule has 0 radical (unpaired) electrons. The number of halogens is 2. The summed E-state index contributed by atoms with van der Waals surface area (Å²) in [6.45, 7) is -0.0917. The maximum absolute atomic E-state index is 13.6. The van der Waals surface area contributed by atoms with E-state index in [0.29, 0.717) is 0 Å². The summed E-state index contributed by atoms with van der Waals surface area (Å²) in [5.74, 6) is -1.08. The SMILES string of the molecule is CNC1(COc2cc(F)c(Cl)cc2[N+](=O)[O-])COC(NC)(NC)O1. The molecule has 1 aliphatic heterocycles. The molecule has 0 aliphatic carbocycles. The van der Waals surface area contributed by atoms with E-state index in [2.05, 4.69) is 16.0 Å². The zero-order valence-corrected chi connectivity index (χ0v) is 14.1. The first kappa shape index (κ1) is 18.8. The Bertz CT molecular complexity index is 631. The highest BCUT2D eigenvalue weighted by molar-refractivity contribution is 6.31. The number of benzene rings is 1. The summed E-state index contributed by atoms with van der Waals surface area (Å²) in [7, 11) is 4.87. The van der Waals surface area contributed by atoms with Crippen LogP contribution in [0.15, 0.2) is 12.1 Å². The van der Waals surface area contributed by atoms with E-state index in [1.165, 1.54) is 0 Å². The zero-order chi connectivity index (χ0) is 18.0. The molecule has 0 saturated carbocycles. The molecule has 1 heterocycles. The molecule has 0 bridgehead atoms. The lowest BCUT2D eigenvalue weighted by Crippen LogP contribution is -2.59. The number of hydrogen-bond donors (Lipinski definition) is 3. The Morgan fingerprint density at radius 1 is 1.38 bits per heavy atom. The third-order valence-corrected chi connectivity index (χ3v) is 3.91. The molecule has 1 atom stereocenters. The number of nitrogens with one attached hydrogen (secondary N) is 3. The van der Waals surface area contributed by atoms with Gasteiger partial charge in [0, 0.05) is 12.1 Å². The van der Waals surface area contributed by atoms with Crippen molar-refractivity contribution in [3.05, 3.63) is 33.1 Å². The Morgan fingerprint density at radius 2 is 2.04 bits per heavy atom. The molecule has 1 unspecified atom stereocenters. The van der Waals surface area contributed by atoms with Crippen LogP contribution < -0.4 is 20.7 Å². The summed E-state index contributed by atoms with van der Waals surface area (Å²) in [5, 5.41) is 19.3. The molecule has 24 heavy (non-hydrogen) atoms. The van der Waals surface area contributed by atoms with Crippen LogP contribution in [0.4, 0.5) is 10.1 Å². The highest BCUT2D eigenvalue weighted by Gasteiger charge is 2.50. The van der Waals surface area contributed by atoms with Gasteiger partial charge in [0.2, 0.25) is 0 Å². The van der Waals surface area contributed by atoms with Crippen molar-refractivity contribution in [2.45, 2.75) is 11.8 Å². The van der Waals surface area contributed by atoms with E-state index in [4.69, 9.17) is 25.8 Å². The maximum atomic E-state index is 13.6. The van der Waals surface area contributed by atoms with Crippen LogP contribution in [0, 0.1) is 15.9 Å². The van der Waals surface area contributed by atoms with Crippen LogP contribution in [0.5, 0.6) is 5.75 Å². The number of ether oxygens (including phenoxy) is 3. The molecule has 2 rings (SSSR count). The van der Waals surface area contributed by atoms with Crippen LogP contribution in [0.2, 0.25) is 5.02 Å². The Balaban J connectivity index is 2.21. The molecule has 134 valence electrons. The first-order chi connectivity index (χ1) is 11.3. The summed E-state index contributed by atoms with van der Waals surface area (Å²) in [6, 6.07) is 0.530. The second kappa shape index (κ2) is 7.13. The normalized spacial score (nSPS) is 22.5. The van der Waals surface area contributed by atoms with Crippen LogP contribution in [-0.2, 0) is 9.47 Å². The van der Waals surface area contributed by atoms with Crippen molar-refractivity contribution in [2.24, 2.45) is 0 Å². The minimum absolute atomic E-state index is 0.0784. The lowest BCUT2D eigenvalue weighted by Gasteiger charge is -2.31. The Morgan fingerprint density at radius 3 is 2.54 bits per heavy atom. The smallest absolute Gasteiger partial charge is 0.312 e. The molecular weight excluding hydrogens is 347 g/mol. The molecule has 0 aromatic heterocycles. The van der Waals surface area contributed by atoms with Gasteiger partial charge in [-0.25, -0.2) is 4.39 Å². The molecule has 1 aromatic carbocycles. The Kier molecular flexibility index (Phi) is 5.58. The molecule has 11 heteroatoms. The number of likely N-dealkylation sites (N-methyl/N-ethyl adjacent to an activating group) is 1. The van der Waals surface area contributed by atoms with Crippen molar-refractivity contribution in [2.75, 3.05) is 34.4 Å². The van der Waals surface area contributed by atoms with E-state index in [9.17, 15) is 14.5 Å². The van der Waals surface area contributed by atoms with Crippen LogP contribution in [0.25, 0.3) is 0 Å². The van der Waals surface area contributed by atoms with Crippen LogP contribution in [-0.4, -0.2) is 51.0 Å². The molecule has 3 N–H and O–H groups in total. The van der Waals surface area contributed by atoms with Crippen LogP contribution in [0.1, 0.15) is 0 Å². The Hall–Kier alpha value is -1.56. The van der Waals surface area contributed by atoms with Crippen molar-refractivity contribution < 1.29 is 23.5 Å². The van der Waals surface area contributed by atoms with Gasteiger partial charge in [0.1, 0.15) is 12.4 Å². The molecular formula is C13H18ClFN4O5. The van der Waals surface area contributed by atoms with Gasteiger partial charge in [0.05, 0.1) is 16.6 Å². The van der Waals surface area contributed by atoms with Crippen molar-refractivity contribution in [1.29, 1.82) is 0 Å². The molecule has 1 fully saturated rings. The zero-order valence-electron chi connectivity index (χ0n) is 13.3. The van der Waals surface area contributed by atoms with Gasteiger partial charge in [0.15, 0.2) is 11.5 Å². The number of nitrogens with zero attached hydrogens (tertiary/aromatic N) is 1. The molecule has 1 saturated heterocycles. The van der Waals surface area contributed by atoms with E-state index in [0.717, 1.165) is 12.1 Å². The third kappa shape index (κ3) is 3.58. The predicted octanol–water partition coefficient (Wildman–Crippen LogP) is 0.779. The molecule has 1 aliphatic rings. The second-order valence-electron chi connectivity index (χ2n) is 5.03. The number of nitro benzene ring substituents is 1. The van der Waals surface area contributed by atoms with Gasteiger partial charge in [-0.3, -0.25) is 30.8 Å². The molecule has 1 aromatic rings. The average molecular weight is 365 g/mol. The van der Waals surface area contributed by atoms with Crippen LogP contribution in [0.3, 0.4) is 0 Å². The summed E-state index contributed by atoms with van der Waals surface area (Å²) < 4.78 is 30.4. The van der Waals surface area contributed by atoms with Crippen molar-refractivity contribution in [1.82, 2.24) is 16.0 Å². The van der Waals surface area contributed by atoms with Gasteiger partial charge < -0.3 is 9.47 Å². The number of nitro groups is 1. The van der Waals surface area contributed by atoms with Gasteiger partial charge in [-0.05, 0) is 21.1 Å². The van der Waals surface area contributed by atoms with Gasteiger partial charge in [-0.15, -0.1) is 0 Å². The summed E-state index contributed by atoms with van der Waals surface area (Å²) in [5.41, 5.74) is -1.55. The predicted molar refractivity (Wildman–Crippen MR) is 83.2 cm³/mol. The first-order valence-corrected chi connectivity index (χ1v) is 7.35. The maximum Gasteiger partial charge on any atom is 0.312 e. The second-order valence-corrected chi connectivity index (χ2v) is 5.44. The highest BCUT2D eigenvalue weighted by atomic mass is 35.5. The fourth-order valence-electron chi connectivity index (χ4n) is 2.16. The fraction of sp³-hybridized carbons (Fsp3) is 0.538. The van der Waals surface area contributed by atoms with Crippen molar-refractivity contribution in [3.63, 3.8) is 0 Å². The minimum atomic E-state index is -1.23. The average Bonchev–Trinajstić information content (AvgIpc) is 2.96. The Labute approximate surface area is 142 Å². The molecule has 9 nitrogen and oxygen atoms in total. The molecule has 0 spiro atoms. The molecule has 0 amide bonds.